The molecule has 0 rings (SSSR count). The molecular weight excluding hydrogens is 805 g/mol. The molecule has 0 bridgehead atoms. The molecule has 0 unspecified atom stereocenters. The normalized spacial score (nSPS) is 12.0. The van der Waals surface area contributed by atoms with Crippen LogP contribution >= 0.6 is 0 Å². The highest BCUT2D eigenvalue weighted by Crippen LogP contribution is 2.17. The zero-order valence-electron chi connectivity index (χ0n) is 44.0. The van der Waals surface area contributed by atoms with Crippen molar-refractivity contribution in [3.63, 3.8) is 0 Å². The first-order valence-corrected chi connectivity index (χ1v) is 29.2. The number of unbranched alkanes of at least 4 members (excludes halogenated alkanes) is 41. The lowest BCUT2D eigenvalue weighted by Crippen LogP contribution is -2.30. The average Bonchev–Trinajstić information content (AvgIpc) is 3.30. The minimum absolute atomic E-state index is 0.0639. The zero-order valence-corrected chi connectivity index (χ0v) is 44.0. The molecule has 0 spiro atoms. The Balaban J connectivity index is 4.24. The second-order valence-corrected chi connectivity index (χ2v) is 19.9. The Morgan fingerprint density at radius 3 is 0.769 bits per heavy atom. The van der Waals surface area contributed by atoms with Crippen LogP contribution in [0.15, 0.2) is 12.2 Å². The number of carbonyl (C=O) groups excluding carboxylic acids is 3. The number of hydrogen-bond acceptors (Lipinski definition) is 6. The van der Waals surface area contributed by atoms with Crippen LogP contribution in [-0.4, -0.2) is 37.2 Å². The van der Waals surface area contributed by atoms with Gasteiger partial charge < -0.3 is 14.2 Å². The molecule has 1 atom stereocenters. The summed E-state index contributed by atoms with van der Waals surface area (Å²) in [7, 11) is 0. The molecule has 0 N–H and O–H groups in total. The Morgan fingerprint density at radius 1 is 0.292 bits per heavy atom. The fourth-order valence-corrected chi connectivity index (χ4v) is 8.85. The van der Waals surface area contributed by atoms with Gasteiger partial charge in [-0.3, -0.25) is 14.4 Å². The molecule has 0 radical (unpaired) electrons. The smallest absolute Gasteiger partial charge is 0.306 e. The van der Waals surface area contributed by atoms with Crippen LogP contribution in [0.1, 0.15) is 329 Å². The van der Waals surface area contributed by atoms with E-state index in [1.165, 1.54) is 231 Å². The highest BCUT2D eigenvalue weighted by molar-refractivity contribution is 5.71. The van der Waals surface area contributed by atoms with Crippen LogP contribution in [0.2, 0.25) is 0 Å². The Hall–Kier alpha value is -1.85. The summed E-state index contributed by atoms with van der Waals surface area (Å²) in [6, 6.07) is 0. The van der Waals surface area contributed by atoms with E-state index < -0.39 is 6.10 Å². The van der Waals surface area contributed by atoms with Gasteiger partial charge in [-0.1, -0.05) is 277 Å². The van der Waals surface area contributed by atoms with Crippen molar-refractivity contribution in [3.05, 3.63) is 12.2 Å². The molecule has 0 saturated heterocycles. The molecule has 0 aliphatic rings. The van der Waals surface area contributed by atoms with Gasteiger partial charge in [0.2, 0.25) is 0 Å². The van der Waals surface area contributed by atoms with Gasteiger partial charge in [0.05, 0.1) is 0 Å². The van der Waals surface area contributed by atoms with Crippen molar-refractivity contribution in [3.8, 4) is 0 Å². The number of carbonyl (C=O) groups is 3. The topological polar surface area (TPSA) is 78.9 Å². The molecule has 0 aliphatic carbocycles. The first-order valence-electron chi connectivity index (χ1n) is 29.2. The van der Waals surface area contributed by atoms with E-state index in [0.29, 0.717) is 19.3 Å². The van der Waals surface area contributed by atoms with E-state index in [2.05, 4.69) is 32.9 Å². The maximum Gasteiger partial charge on any atom is 0.306 e. The van der Waals surface area contributed by atoms with Crippen LogP contribution in [0.5, 0.6) is 0 Å². The van der Waals surface area contributed by atoms with Crippen LogP contribution in [0.3, 0.4) is 0 Å². The molecular formula is C59H112O6. The predicted molar refractivity (Wildman–Crippen MR) is 280 cm³/mol. The monoisotopic (exact) mass is 917 g/mol. The van der Waals surface area contributed by atoms with Gasteiger partial charge in [0.1, 0.15) is 13.2 Å². The Bertz CT molecular complexity index is 1010. The molecule has 0 amide bonds. The third kappa shape index (κ3) is 53.0. The van der Waals surface area contributed by atoms with E-state index in [4.69, 9.17) is 14.2 Å². The molecule has 0 aromatic carbocycles. The Labute approximate surface area is 405 Å². The fourth-order valence-electron chi connectivity index (χ4n) is 8.85. The molecule has 384 valence electrons. The van der Waals surface area contributed by atoms with E-state index in [-0.39, 0.29) is 31.1 Å². The van der Waals surface area contributed by atoms with Crippen molar-refractivity contribution in [1.82, 2.24) is 0 Å². The van der Waals surface area contributed by atoms with Gasteiger partial charge in [0, 0.05) is 19.3 Å². The number of esters is 3. The molecule has 0 saturated carbocycles. The van der Waals surface area contributed by atoms with Crippen molar-refractivity contribution in [1.29, 1.82) is 0 Å². The van der Waals surface area contributed by atoms with Crippen LogP contribution in [0.25, 0.3) is 0 Å². The standard InChI is InChI=1S/C59H112O6/c1-4-7-10-13-16-19-22-25-26-27-28-29-30-31-32-35-37-40-43-46-49-52-58(61)64-55-56(65-59(62)53-50-47-44-41-38-34-24-21-18-15-12-9-6-3)54-63-57(60)51-48-45-42-39-36-33-23-20-17-14-11-8-5-2/h25-26,56H,4-24,27-55H2,1-3H3/b26-25-/t56-/m0/s1. The Kier molecular flexibility index (Phi) is 53.2. The molecule has 6 heteroatoms. The molecule has 0 aliphatic heterocycles. The van der Waals surface area contributed by atoms with Crippen LogP contribution in [0.4, 0.5) is 0 Å². The minimum Gasteiger partial charge on any atom is -0.462 e. The van der Waals surface area contributed by atoms with Crippen LogP contribution in [-0.2, 0) is 28.6 Å². The van der Waals surface area contributed by atoms with Crippen molar-refractivity contribution >= 4 is 17.9 Å². The molecule has 65 heavy (non-hydrogen) atoms. The van der Waals surface area contributed by atoms with Crippen molar-refractivity contribution < 1.29 is 28.6 Å². The highest BCUT2D eigenvalue weighted by atomic mass is 16.6. The summed E-state index contributed by atoms with van der Waals surface area (Å²) in [5.41, 5.74) is 0. The summed E-state index contributed by atoms with van der Waals surface area (Å²) >= 11 is 0. The van der Waals surface area contributed by atoms with Gasteiger partial charge in [-0.2, -0.15) is 0 Å². The minimum atomic E-state index is -0.763. The van der Waals surface area contributed by atoms with Crippen molar-refractivity contribution in [2.45, 2.75) is 335 Å². The summed E-state index contributed by atoms with van der Waals surface area (Å²) < 4.78 is 16.9. The SMILES string of the molecule is CCCCCCCC/C=C\CCCCCCCCCCCCCC(=O)OC[C@H](COC(=O)CCCCCCCCCCCCCCC)OC(=O)CCCCCCCCCCCCCCC. The van der Waals surface area contributed by atoms with Gasteiger partial charge >= 0.3 is 17.9 Å². The van der Waals surface area contributed by atoms with E-state index in [1.807, 2.05) is 0 Å². The summed E-state index contributed by atoms with van der Waals surface area (Å²) in [6.45, 7) is 6.69. The maximum absolute atomic E-state index is 12.8. The first-order chi connectivity index (χ1) is 32.0. The zero-order chi connectivity index (χ0) is 47.2. The molecule has 0 fully saturated rings. The quantitative estimate of drug-likeness (QED) is 0.0262. The van der Waals surface area contributed by atoms with Gasteiger partial charge in [-0.15, -0.1) is 0 Å². The number of ether oxygens (including phenoxy) is 3. The third-order valence-electron chi connectivity index (χ3n) is 13.3. The van der Waals surface area contributed by atoms with E-state index in [1.54, 1.807) is 0 Å². The first kappa shape index (κ1) is 63.1. The maximum atomic E-state index is 12.8. The Morgan fingerprint density at radius 2 is 0.508 bits per heavy atom. The van der Waals surface area contributed by atoms with Crippen molar-refractivity contribution in [2.75, 3.05) is 13.2 Å². The van der Waals surface area contributed by atoms with E-state index in [9.17, 15) is 14.4 Å². The fraction of sp³-hybridized carbons (Fsp3) is 0.915. The largest absolute Gasteiger partial charge is 0.462 e. The summed E-state index contributed by atoms with van der Waals surface area (Å²) in [6.07, 6.45) is 62.0. The second-order valence-electron chi connectivity index (χ2n) is 19.9. The second kappa shape index (κ2) is 54.8. The third-order valence-corrected chi connectivity index (χ3v) is 13.3. The van der Waals surface area contributed by atoms with Crippen LogP contribution in [0, 0.1) is 0 Å². The van der Waals surface area contributed by atoms with E-state index >= 15 is 0 Å². The van der Waals surface area contributed by atoms with Gasteiger partial charge in [-0.25, -0.2) is 0 Å². The van der Waals surface area contributed by atoms with Gasteiger partial charge in [0.25, 0.3) is 0 Å². The molecule has 6 nitrogen and oxygen atoms in total. The average molecular weight is 918 g/mol. The summed E-state index contributed by atoms with van der Waals surface area (Å²) in [5, 5.41) is 0. The molecule has 0 aromatic rings. The van der Waals surface area contributed by atoms with Crippen LogP contribution < -0.4 is 0 Å². The van der Waals surface area contributed by atoms with Crippen molar-refractivity contribution in [2.24, 2.45) is 0 Å². The number of allylic oxidation sites excluding steroid dienone is 2. The summed E-state index contributed by atoms with van der Waals surface area (Å²) in [4.78, 5) is 38.1. The summed E-state index contributed by atoms with van der Waals surface area (Å²) in [5.74, 6) is -0.841. The predicted octanol–water partition coefficient (Wildman–Crippen LogP) is 19.3. The lowest BCUT2D eigenvalue weighted by Gasteiger charge is -2.18. The molecule has 0 aromatic heterocycles. The number of rotatable bonds is 54. The van der Waals surface area contributed by atoms with Gasteiger partial charge in [-0.05, 0) is 44.9 Å². The number of hydrogen-bond donors (Lipinski definition) is 0. The highest BCUT2D eigenvalue weighted by Gasteiger charge is 2.19. The lowest BCUT2D eigenvalue weighted by atomic mass is 10.0. The van der Waals surface area contributed by atoms with Gasteiger partial charge in [0.15, 0.2) is 6.10 Å². The molecule has 0 heterocycles. The lowest BCUT2D eigenvalue weighted by molar-refractivity contribution is -0.167. The van der Waals surface area contributed by atoms with E-state index in [0.717, 1.165) is 57.8 Å².